The molecule has 8 heteroatoms. The topological polar surface area (TPSA) is 108 Å². The van der Waals surface area contributed by atoms with Crippen LogP contribution in [0.3, 0.4) is 0 Å². The van der Waals surface area contributed by atoms with Gasteiger partial charge in [0, 0.05) is 31.7 Å². The minimum absolute atomic E-state index is 0.0273. The first-order valence-corrected chi connectivity index (χ1v) is 8.67. The fourth-order valence-electron chi connectivity index (χ4n) is 2.73. The molecule has 4 N–H and O–H groups in total. The number of nitrogens with zero attached hydrogens (tertiary/aromatic N) is 1. The van der Waals surface area contributed by atoms with Gasteiger partial charge in [-0.1, -0.05) is 0 Å². The van der Waals surface area contributed by atoms with Crippen molar-refractivity contribution < 1.29 is 19.1 Å². The van der Waals surface area contributed by atoms with Gasteiger partial charge in [-0.2, -0.15) is 0 Å². The van der Waals surface area contributed by atoms with Gasteiger partial charge in [-0.25, -0.2) is 4.99 Å². The molecular weight excluding hydrogens is 324 g/mol. The molecule has 1 fully saturated rings. The van der Waals surface area contributed by atoms with Gasteiger partial charge in [-0.3, -0.25) is 4.79 Å². The summed E-state index contributed by atoms with van der Waals surface area (Å²) in [7, 11) is 0. The molecule has 0 saturated carbocycles. The summed E-state index contributed by atoms with van der Waals surface area (Å²) in [6.45, 7) is 5.16. The lowest BCUT2D eigenvalue weighted by atomic mass is 9.84. The Morgan fingerprint density at radius 1 is 1.40 bits per heavy atom. The molecule has 140 valence electrons. The number of furan rings is 1. The third kappa shape index (κ3) is 6.39. The maximum Gasteiger partial charge on any atom is 0.242 e. The lowest BCUT2D eigenvalue weighted by molar-refractivity contribution is -0.119. The molecule has 1 aliphatic rings. The quantitative estimate of drug-likeness (QED) is 0.375. The maximum atomic E-state index is 11.9. The van der Waals surface area contributed by atoms with Gasteiger partial charge in [0.05, 0.1) is 19.4 Å². The molecule has 2 rings (SSSR count). The van der Waals surface area contributed by atoms with Crippen LogP contribution in [0.15, 0.2) is 27.8 Å². The lowest BCUT2D eigenvalue weighted by Gasteiger charge is -2.27. The summed E-state index contributed by atoms with van der Waals surface area (Å²) in [5, 5.41) is 18.4. The van der Waals surface area contributed by atoms with Crippen LogP contribution in [0.25, 0.3) is 0 Å². The number of hydrogen-bond donors (Lipinski definition) is 4. The summed E-state index contributed by atoms with van der Waals surface area (Å²) in [4.78, 5) is 16.2. The van der Waals surface area contributed by atoms with Crippen LogP contribution in [0, 0.1) is 5.41 Å². The number of aliphatic hydroxyl groups excluding tert-OH is 1. The fraction of sp³-hybridized carbons (Fsp3) is 0.647. The van der Waals surface area contributed by atoms with E-state index in [2.05, 4.69) is 20.9 Å². The van der Waals surface area contributed by atoms with Crippen LogP contribution in [-0.4, -0.2) is 56.4 Å². The van der Waals surface area contributed by atoms with E-state index in [1.54, 1.807) is 18.4 Å². The summed E-state index contributed by atoms with van der Waals surface area (Å²) in [6, 6.07) is 3.58. The zero-order valence-electron chi connectivity index (χ0n) is 14.7. The van der Waals surface area contributed by atoms with E-state index in [-0.39, 0.29) is 24.5 Å². The Balaban J connectivity index is 1.81. The minimum atomic E-state index is -0.178. The number of aliphatic hydroxyl groups is 1. The summed E-state index contributed by atoms with van der Waals surface area (Å²) >= 11 is 0. The highest BCUT2D eigenvalue weighted by atomic mass is 16.5. The van der Waals surface area contributed by atoms with Crippen molar-refractivity contribution >= 4 is 11.9 Å². The normalized spacial score (nSPS) is 20.5. The monoisotopic (exact) mass is 352 g/mol. The second kappa shape index (κ2) is 10.0. The zero-order valence-corrected chi connectivity index (χ0v) is 14.7. The number of guanidine groups is 1. The van der Waals surface area contributed by atoms with Crippen LogP contribution in [0.2, 0.25) is 0 Å². The second-order valence-electron chi connectivity index (χ2n) is 6.18. The Morgan fingerprint density at radius 2 is 2.28 bits per heavy atom. The van der Waals surface area contributed by atoms with E-state index in [4.69, 9.17) is 9.15 Å². The number of rotatable bonds is 9. The zero-order chi connectivity index (χ0) is 18.0. The Hall–Kier alpha value is -2.06. The second-order valence-corrected chi connectivity index (χ2v) is 6.18. The molecule has 1 aromatic rings. The smallest absolute Gasteiger partial charge is 0.242 e. The minimum Gasteiger partial charge on any atom is -0.467 e. The fourth-order valence-corrected chi connectivity index (χ4v) is 2.73. The third-order valence-electron chi connectivity index (χ3n) is 4.22. The summed E-state index contributed by atoms with van der Waals surface area (Å²) in [6.07, 6.45) is 3.16. The molecule has 1 amide bonds. The number of carbonyl (C=O) groups is 1. The lowest BCUT2D eigenvalue weighted by Crippen LogP contribution is -2.45. The molecule has 1 saturated heterocycles. The van der Waals surface area contributed by atoms with Gasteiger partial charge in [0.25, 0.3) is 0 Å². The van der Waals surface area contributed by atoms with E-state index >= 15 is 0 Å². The Kier molecular flexibility index (Phi) is 7.75. The van der Waals surface area contributed by atoms with Crippen molar-refractivity contribution in [2.45, 2.75) is 26.3 Å². The number of nitrogens with one attached hydrogen (secondary N) is 3. The van der Waals surface area contributed by atoms with Crippen molar-refractivity contribution in [1.82, 2.24) is 16.0 Å². The van der Waals surface area contributed by atoms with Crippen LogP contribution >= 0.6 is 0 Å². The number of hydrogen-bond acceptors (Lipinski definition) is 5. The van der Waals surface area contributed by atoms with Gasteiger partial charge in [-0.05, 0) is 31.9 Å². The number of ether oxygens (including phenoxy) is 1. The number of carbonyl (C=O) groups excluding carboxylic acids is 1. The first kappa shape index (κ1) is 19.3. The van der Waals surface area contributed by atoms with Gasteiger partial charge in [0.2, 0.25) is 5.91 Å². The highest BCUT2D eigenvalue weighted by Crippen LogP contribution is 2.31. The molecule has 1 atom stereocenters. The predicted octanol–water partition coefficient (Wildman–Crippen LogP) is 0.240. The van der Waals surface area contributed by atoms with Crippen LogP contribution in [0.1, 0.15) is 25.5 Å². The molecule has 0 bridgehead atoms. The Morgan fingerprint density at radius 3 is 2.92 bits per heavy atom. The molecule has 8 nitrogen and oxygen atoms in total. The average Bonchev–Trinajstić information content (AvgIpc) is 3.28. The maximum absolute atomic E-state index is 11.9. The van der Waals surface area contributed by atoms with Gasteiger partial charge in [0.1, 0.15) is 12.3 Å². The molecule has 0 spiro atoms. The molecule has 0 aliphatic carbocycles. The standard InChI is InChI=1S/C17H28N4O4/c1-2-18-16(21-12-17(5-7-22)6-9-24-13-17)20-11-15(23)19-10-14-4-3-8-25-14/h3-4,8,22H,2,5-7,9-13H2,1H3,(H,19,23)(H2,18,20,21). The predicted molar refractivity (Wildman–Crippen MR) is 94.1 cm³/mol. The molecule has 1 aromatic heterocycles. The van der Waals surface area contributed by atoms with Crippen LogP contribution in [0.4, 0.5) is 0 Å². The van der Waals surface area contributed by atoms with E-state index in [1.165, 1.54) is 0 Å². The van der Waals surface area contributed by atoms with Crippen molar-refractivity contribution in [3.63, 3.8) is 0 Å². The van der Waals surface area contributed by atoms with Crippen molar-refractivity contribution in [2.75, 3.05) is 39.5 Å². The van der Waals surface area contributed by atoms with Gasteiger partial charge >= 0.3 is 0 Å². The molecule has 25 heavy (non-hydrogen) atoms. The van der Waals surface area contributed by atoms with E-state index in [0.717, 1.165) is 6.42 Å². The van der Waals surface area contributed by atoms with E-state index in [1.807, 2.05) is 6.92 Å². The Labute approximate surface area is 148 Å². The first-order valence-electron chi connectivity index (χ1n) is 8.67. The van der Waals surface area contributed by atoms with Crippen molar-refractivity contribution in [3.8, 4) is 0 Å². The van der Waals surface area contributed by atoms with Gasteiger partial charge in [-0.15, -0.1) is 0 Å². The largest absolute Gasteiger partial charge is 0.467 e. The van der Waals surface area contributed by atoms with Crippen molar-refractivity contribution in [2.24, 2.45) is 10.4 Å². The van der Waals surface area contributed by atoms with Crippen molar-refractivity contribution in [1.29, 1.82) is 0 Å². The average molecular weight is 352 g/mol. The Bertz CT molecular complexity index is 539. The SMILES string of the molecule is CCNC(=NCC(=O)NCc1ccco1)NCC1(CCO)CCOC1. The number of aliphatic imine (C=N–C) groups is 1. The summed E-state index contributed by atoms with van der Waals surface area (Å²) in [5.74, 6) is 1.11. The summed E-state index contributed by atoms with van der Waals surface area (Å²) in [5.41, 5.74) is -0.0769. The molecule has 0 aromatic carbocycles. The van der Waals surface area contributed by atoms with E-state index in [9.17, 15) is 9.90 Å². The van der Waals surface area contributed by atoms with Crippen LogP contribution in [0.5, 0.6) is 0 Å². The molecule has 0 radical (unpaired) electrons. The van der Waals surface area contributed by atoms with Crippen molar-refractivity contribution in [3.05, 3.63) is 24.2 Å². The molecule has 1 aliphatic heterocycles. The molecule has 2 heterocycles. The van der Waals surface area contributed by atoms with Gasteiger partial charge in [0.15, 0.2) is 5.96 Å². The van der Waals surface area contributed by atoms with E-state index in [0.29, 0.717) is 51.0 Å². The molecular formula is C17H28N4O4. The van der Waals surface area contributed by atoms with Crippen LogP contribution in [-0.2, 0) is 16.1 Å². The van der Waals surface area contributed by atoms with Crippen LogP contribution < -0.4 is 16.0 Å². The highest BCUT2D eigenvalue weighted by Gasteiger charge is 2.34. The first-order chi connectivity index (χ1) is 12.2. The third-order valence-corrected chi connectivity index (χ3v) is 4.22. The van der Waals surface area contributed by atoms with Gasteiger partial charge < -0.3 is 30.2 Å². The highest BCUT2D eigenvalue weighted by molar-refractivity contribution is 5.84. The van der Waals surface area contributed by atoms with E-state index < -0.39 is 0 Å². The molecule has 1 unspecified atom stereocenters. The summed E-state index contributed by atoms with van der Waals surface area (Å²) < 4.78 is 10.7. The number of amides is 1.